The monoisotopic (exact) mass is 275 g/mol. The number of carbonyl (C=O) groups is 1. The van der Waals surface area contributed by atoms with E-state index >= 15 is 0 Å². The number of nitrogens with zero attached hydrogens (tertiary/aromatic N) is 1. The van der Waals surface area contributed by atoms with Crippen LogP contribution in [0, 0.1) is 0 Å². The van der Waals surface area contributed by atoms with Crippen LogP contribution >= 0.6 is 0 Å². The summed E-state index contributed by atoms with van der Waals surface area (Å²) >= 11 is 0. The van der Waals surface area contributed by atoms with Gasteiger partial charge in [0.1, 0.15) is 0 Å². The molecule has 21 heavy (non-hydrogen) atoms. The van der Waals surface area contributed by atoms with E-state index in [2.05, 4.69) is 36.2 Å². The predicted octanol–water partition coefficient (Wildman–Crippen LogP) is 4.05. The number of anilines is 1. The van der Waals surface area contributed by atoms with Gasteiger partial charge < -0.3 is 4.90 Å². The lowest BCUT2D eigenvalue weighted by Gasteiger charge is -2.23. The Labute approximate surface area is 125 Å². The van der Waals surface area contributed by atoms with Crippen LogP contribution in [0.15, 0.2) is 60.7 Å². The molecular weight excluding hydrogens is 258 g/mol. The quantitative estimate of drug-likeness (QED) is 0.622. The topological polar surface area (TPSA) is 20.3 Å². The molecule has 0 saturated carbocycles. The number of benzene rings is 2. The van der Waals surface area contributed by atoms with Gasteiger partial charge in [0.05, 0.1) is 0 Å². The van der Waals surface area contributed by atoms with Gasteiger partial charge in [-0.1, -0.05) is 54.6 Å². The summed E-state index contributed by atoms with van der Waals surface area (Å²) in [6.07, 6.45) is 7.78. The fourth-order valence-corrected chi connectivity index (χ4v) is 2.46. The lowest BCUT2D eigenvalue weighted by Crippen LogP contribution is -2.20. The summed E-state index contributed by atoms with van der Waals surface area (Å²) in [5.74, 6) is 0.0287. The molecule has 104 valence electrons. The van der Waals surface area contributed by atoms with E-state index in [1.165, 1.54) is 11.3 Å². The number of rotatable bonds is 3. The van der Waals surface area contributed by atoms with Gasteiger partial charge in [-0.3, -0.25) is 4.79 Å². The summed E-state index contributed by atoms with van der Waals surface area (Å²) in [4.78, 5) is 14.3. The first-order valence-corrected chi connectivity index (χ1v) is 7.03. The molecule has 0 radical (unpaired) electrons. The van der Waals surface area contributed by atoms with Gasteiger partial charge in [-0.15, -0.1) is 0 Å². The molecule has 1 aliphatic rings. The van der Waals surface area contributed by atoms with Gasteiger partial charge in [-0.25, -0.2) is 0 Å². The lowest BCUT2D eigenvalue weighted by molar-refractivity contribution is 0.104. The average molecular weight is 275 g/mol. The second-order valence-corrected chi connectivity index (χ2v) is 5.16. The van der Waals surface area contributed by atoms with Crippen molar-refractivity contribution in [2.75, 3.05) is 18.5 Å². The summed E-state index contributed by atoms with van der Waals surface area (Å²) in [5, 5.41) is 0. The van der Waals surface area contributed by atoms with Crippen molar-refractivity contribution in [1.82, 2.24) is 0 Å². The number of likely N-dealkylation sites (N-methyl/N-ethyl adjacent to an activating group) is 1. The van der Waals surface area contributed by atoms with Gasteiger partial charge in [-0.05, 0) is 29.3 Å². The van der Waals surface area contributed by atoms with Gasteiger partial charge in [0.25, 0.3) is 0 Å². The summed E-state index contributed by atoms with van der Waals surface area (Å²) in [6, 6.07) is 15.6. The van der Waals surface area contributed by atoms with E-state index < -0.39 is 0 Å². The first-order valence-electron chi connectivity index (χ1n) is 7.03. The van der Waals surface area contributed by atoms with E-state index in [9.17, 15) is 4.79 Å². The molecule has 2 nitrogen and oxygen atoms in total. The number of allylic oxidation sites excluding steroid dienone is 1. The number of carbonyl (C=O) groups excluding carboxylic acids is 1. The van der Waals surface area contributed by atoms with Gasteiger partial charge in [0.15, 0.2) is 5.78 Å². The highest BCUT2D eigenvalue weighted by molar-refractivity contribution is 6.06. The van der Waals surface area contributed by atoms with E-state index in [1.54, 1.807) is 6.08 Å². The molecule has 2 aromatic rings. The molecule has 0 spiro atoms. The second-order valence-electron chi connectivity index (χ2n) is 5.16. The summed E-state index contributed by atoms with van der Waals surface area (Å²) < 4.78 is 0. The molecule has 0 N–H and O–H groups in total. The average Bonchev–Trinajstić information content (AvgIpc) is 2.53. The SMILES string of the molecule is CN1CC=Cc2cc(/C=C/C(=O)c3ccccc3)ccc21. The molecule has 3 rings (SSSR count). The van der Waals surface area contributed by atoms with Crippen LogP contribution < -0.4 is 4.90 Å². The van der Waals surface area contributed by atoms with Crippen LogP contribution in [-0.4, -0.2) is 19.4 Å². The minimum absolute atomic E-state index is 0.0287. The van der Waals surface area contributed by atoms with E-state index in [1.807, 2.05) is 42.5 Å². The maximum Gasteiger partial charge on any atom is 0.185 e. The van der Waals surface area contributed by atoms with Crippen molar-refractivity contribution in [1.29, 1.82) is 0 Å². The molecule has 0 aromatic heterocycles. The first-order chi connectivity index (χ1) is 10.2. The van der Waals surface area contributed by atoms with E-state index in [4.69, 9.17) is 0 Å². The van der Waals surface area contributed by atoms with Crippen molar-refractivity contribution in [2.24, 2.45) is 0 Å². The third kappa shape index (κ3) is 2.95. The van der Waals surface area contributed by atoms with Crippen LogP contribution in [0.2, 0.25) is 0 Å². The smallest absolute Gasteiger partial charge is 0.185 e. The molecule has 0 unspecified atom stereocenters. The zero-order chi connectivity index (χ0) is 14.7. The Morgan fingerprint density at radius 1 is 1.14 bits per heavy atom. The fourth-order valence-electron chi connectivity index (χ4n) is 2.46. The van der Waals surface area contributed by atoms with Crippen LogP contribution in [-0.2, 0) is 0 Å². The predicted molar refractivity (Wildman–Crippen MR) is 88.6 cm³/mol. The van der Waals surface area contributed by atoms with Gasteiger partial charge in [-0.2, -0.15) is 0 Å². The van der Waals surface area contributed by atoms with Crippen molar-refractivity contribution >= 4 is 23.6 Å². The third-order valence-electron chi connectivity index (χ3n) is 3.62. The minimum atomic E-state index is 0.0287. The lowest BCUT2D eigenvalue weighted by atomic mass is 10.0. The Morgan fingerprint density at radius 2 is 1.95 bits per heavy atom. The first kappa shape index (κ1) is 13.4. The Balaban J connectivity index is 1.81. The maximum atomic E-state index is 12.0. The molecular formula is C19H17NO. The molecule has 0 atom stereocenters. The van der Waals surface area contributed by atoms with E-state index in [0.717, 1.165) is 12.1 Å². The molecule has 0 fully saturated rings. The van der Waals surface area contributed by atoms with Crippen molar-refractivity contribution < 1.29 is 4.79 Å². The van der Waals surface area contributed by atoms with Crippen LogP contribution in [0.4, 0.5) is 5.69 Å². The van der Waals surface area contributed by atoms with Crippen LogP contribution in [0.1, 0.15) is 21.5 Å². The van der Waals surface area contributed by atoms with Gasteiger partial charge in [0.2, 0.25) is 0 Å². The van der Waals surface area contributed by atoms with Crippen LogP contribution in [0.3, 0.4) is 0 Å². The molecule has 2 aromatic carbocycles. The minimum Gasteiger partial charge on any atom is -0.370 e. The third-order valence-corrected chi connectivity index (χ3v) is 3.62. The van der Waals surface area contributed by atoms with Crippen molar-refractivity contribution in [3.63, 3.8) is 0 Å². The van der Waals surface area contributed by atoms with Crippen LogP contribution in [0.25, 0.3) is 12.2 Å². The Hall–Kier alpha value is -2.61. The molecule has 1 heterocycles. The summed E-state index contributed by atoms with van der Waals surface area (Å²) in [5.41, 5.74) is 4.17. The molecule has 0 bridgehead atoms. The second kappa shape index (κ2) is 5.80. The normalized spacial score (nSPS) is 13.5. The number of fused-ring (bicyclic) bond motifs is 1. The molecule has 1 aliphatic heterocycles. The van der Waals surface area contributed by atoms with Crippen molar-refractivity contribution in [3.05, 3.63) is 77.4 Å². The molecule has 2 heteroatoms. The maximum absolute atomic E-state index is 12.0. The zero-order valence-electron chi connectivity index (χ0n) is 12.0. The Bertz CT molecular complexity index is 714. The highest BCUT2D eigenvalue weighted by Crippen LogP contribution is 2.26. The van der Waals surface area contributed by atoms with Crippen LogP contribution in [0.5, 0.6) is 0 Å². The Morgan fingerprint density at radius 3 is 2.76 bits per heavy atom. The highest BCUT2D eigenvalue weighted by atomic mass is 16.1. The van der Waals surface area contributed by atoms with Gasteiger partial charge >= 0.3 is 0 Å². The highest BCUT2D eigenvalue weighted by Gasteiger charge is 2.08. The van der Waals surface area contributed by atoms with E-state index in [0.29, 0.717) is 5.56 Å². The summed E-state index contributed by atoms with van der Waals surface area (Å²) in [7, 11) is 2.08. The zero-order valence-corrected chi connectivity index (χ0v) is 12.0. The Kier molecular flexibility index (Phi) is 3.69. The molecule has 0 saturated heterocycles. The number of ketones is 1. The largest absolute Gasteiger partial charge is 0.370 e. The van der Waals surface area contributed by atoms with Gasteiger partial charge in [0, 0.05) is 24.8 Å². The molecule has 0 amide bonds. The molecule has 0 aliphatic carbocycles. The standard InChI is InChI=1S/C19H17NO/c1-20-13-5-8-17-14-15(9-11-18(17)20)10-12-19(21)16-6-3-2-4-7-16/h2-12,14H,13H2,1H3/b12-10+. The summed E-state index contributed by atoms with van der Waals surface area (Å²) in [6.45, 7) is 0.939. The van der Waals surface area contributed by atoms with Crippen molar-refractivity contribution in [2.45, 2.75) is 0 Å². The van der Waals surface area contributed by atoms with E-state index in [-0.39, 0.29) is 5.78 Å². The number of hydrogen-bond donors (Lipinski definition) is 0. The fraction of sp³-hybridized carbons (Fsp3) is 0.105. The van der Waals surface area contributed by atoms with Crippen molar-refractivity contribution in [3.8, 4) is 0 Å². The number of hydrogen-bond acceptors (Lipinski definition) is 2.